The molecule has 0 spiro atoms. The van der Waals surface area contributed by atoms with Crippen LogP contribution in [0.15, 0.2) is 36.8 Å². The lowest BCUT2D eigenvalue weighted by Crippen LogP contribution is -2.26. The summed E-state index contributed by atoms with van der Waals surface area (Å²) in [4.78, 5) is 16.6. The van der Waals surface area contributed by atoms with Crippen molar-refractivity contribution in [3.8, 4) is 11.4 Å². The SMILES string of the molecule is Cc1nn(C)cc1C(C)NC(=O)c1cccc(-c2ncn[nH]2)c1. The minimum Gasteiger partial charge on any atom is -0.345 e. The molecule has 1 amide bonds. The number of aromatic nitrogens is 5. The first-order valence-electron chi connectivity index (χ1n) is 7.31. The van der Waals surface area contributed by atoms with Crippen molar-refractivity contribution in [2.75, 3.05) is 0 Å². The molecule has 0 aliphatic carbocycles. The van der Waals surface area contributed by atoms with Crippen LogP contribution in [-0.4, -0.2) is 30.9 Å². The summed E-state index contributed by atoms with van der Waals surface area (Å²) in [7, 11) is 1.87. The van der Waals surface area contributed by atoms with Crippen LogP contribution in [0, 0.1) is 6.92 Å². The van der Waals surface area contributed by atoms with Gasteiger partial charge in [-0.2, -0.15) is 10.2 Å². The lowest BCUT2D eigenvalue weighted by molar-refractivity contribution is 0.0940. The molecule has 0 saturated carbocycles. The van der Waals surface area contributed by atoms with Crippen LogP contribution in [0.3, 0.4) is 0 Å². The van der Waals surface area contributed by atoms with E-state index < -0.39 is 0 Å². The second kappa shape index (κ2) is 6.04. The summed E-state index contributed by atoms with van der Waals surface area (Å²) in [6.07, 6.45) is 3.36. The standard InChI is InChI=1S/C16H18N6O/c1-10(14-8-22(3)21-11(14)2)19-16(23)13-6-4-5-12(7-13)15-17-9-18-20-15/h4-10H,1-3H3,(H,19,23)(H,17,18,20). The Kier molecular flexibility index (Phi) is 3.92. The van der Waals surface area contributed by atoms with E-state index in [2.05, 4.69) is 25.6 Å². The number of amides is 1. The number of aryl methyl sites for hydroxylation is 2. The van der Waals surface area contributed by atoms with Crippen molar-refractivity contribution >= 4 is 5.91 Å². The van der Waals surface area contributed by atoms with Crippen LogP contribution in [0.5, 0.6) is 0 Å². The van der Waals surface area contributed by atoms with E-state index in [9.17, 15) is 4.79 Å². The molecule has 0 fully saturated rings. The molecule has 0 aliphatic rings. The van der Waals surface area contributed by atoms with Crippen LogP contribution in [0.2, 0.25) is 0 Å². The summed E-state index contributed by atoms with van der Waals surface area (Å²) in [5, 5.41) is 13.9. The molecule has 7 nitrogen and oxygen atoms in total. The number of benzene rings is 1. The number of carbonyl (C=O) groups excluding carboxylic acids is 1. The van der Waals surface area contributed by atoms with Gasteiger partial charge < -0.3 is 5.32 Å². The maximum atomic E-state index is 12.5. The lowest BCUT2D eigenvalue weighted by Gasteiger charge is -2.13. The summed E-state index contributed by atoms with van der Waals surface area (Å²) in [6, 6.07) is 7.15. The van der Waals surface area contributed by atoms with Crippen molar-refractivity contribution in [1.29, 1.82) is 0 Å². The maximum absolute atomic E-state index is 12.5. The molecular weight excluding hydrogens is 292 g/mol. The number of aromatic amines is 1. The molecular formula is C16H18N6O. The Hall–Kier alpha value is -2.96. The third-order valence-electron chi connectivity index (χ3n) is 3.68. The minimum absolute atomic E-state index is 0.120. The van der Waals surface area contributed by atoms with Gasteiger partial charge in [0, 0.05) is 29.9 Å². The number of carbonyl (C=O) groups is 1. The van der Waals surface area contributed by atoms with Crippen LogP contribution in [0.25, 0.3) is 11.4 Å². The number of rotatable bonds is 4. The van der Waals surface area contributed by atoms with E-state index in [0.717, 1.165) is 16.8 Å². The van der Waals surface area contributed by atoms with Crippen LogP contribution < -0.4 is 5.32 Å². The third kappa shape index (κ3) is 3.13. The summed E-state index contributed by atoms with van der Waals surface area (Å²) in [5.41, 5.74) is 3.32. The van der Waals surface area contributed by atoms with Crippen LogP contribution in [0.4, 0.5) is 0 Å². The number of H-pyrrole nitrogens is 1. The van der Waals surface area contributed by atoms with E-state index in [1.165, 1.54) is 6.33 Å². The van der Waals surface area contributed by atoms with E-state index in [0.29, 0.717) is 11.4 Å². The Morgan fingerprint density at radius 1 is 1.39 bits per heavy atom. The molecule has 0 saturated heterocycles. The Labute approximate surface area is 133 Å². The van der Waals surface area contributed by atoms with Crippen LogP contribution in [-0.2, 0) is 7.05 Å². The molecule has 1 aromatic carbocycles. The molecule has 3 rings (SSSR count). The number of hydrogen-bond acceptors (Lipinski definition) is 4. The van der Waals surface area contributed by atoms with E-state index in [1.54, 1.807) is 16.8 Å². The second-order valence-corrected chi connectivity index (χ2v) is 5.45. The van der Waals surface area contributed by atoms with Gasteiger partial charge in [-0.05, 0) is 26.0 Å². The topological polar surface area (TPSA) is 88.5 Å². The van der Waals surface area contributed by atoms with Gasteiger partial charge in [-0.1, -0.05) is 12.1 Å². The fourth-order valence-electron chi connectivity index (χ4n) is 2.55. The number of nitrogens with one attached hydrogen (secondary N) is 2. The first-order valence-corrected chi connectivity index (χ1v) is 7.31. The molecule has 0 radical (unpaired) electrons. The quantitative estimate of drug-likeness (QED) is 0.771. The predicted octanol–water partition coefficient (Wildman–Crippen LogP) is 2.00. The van der Waals surface area contributed by atoms with Gasteiger partial charge in [-0.15, -0.1) is 0 Å². The Balaban J connectivity index is 1.78. The zero-order valence-electron chi connectivity index (χ0n) is 13.2. The second-order valence-electron chi connectivity index (χ2n) is 5.45. The van der Waals surface area contributed by atoms with E-state index in [4.69, 9.17) is 0 Å². The van der Waals surface area contributed by atoms with Gasteiger partial charge in [0.1, 0.15) is 6.33 Å². The molecule has 3 aromatic rings. The molecule has 0 bridgehead atoms. The lowest BCUT2D eigenvalue weighted by atomic mass is 10.1. The summed E-state index contributed by atoms with van der Waals surface area (Å²) in [5.74, 6) is 0.498. The summed E-state index contributed by atoms with van der Waals surface area (Å²) < 4.78 is 1.75. The highest BCUT2D eigenvalue weighted by Crippen LogP contribution is 2.18. The van der Waals surface area contributed by atoms with E-state index >= 15 is 0 Å². The monoisotopic (exact) mass is 310 g/mol. The normalized spacial score (nSPS) is 12.1. The van der Waals surface area contributed by atoms with Crippen LogP contribution >= 0.6 is 0 Å². The molecule has 2 N–H and O–H groups in total. The number of hydrogen-bond donors (Lipinski definition) is 2. The fraction of sp³-hybridized carbons (Fsp3) is 0.250. The Morgan fingerprint density at radius 3 is 2.87 bits per heavy atom. The first kappa shape index (κ1) is 15.0. The van der Waals surface area contributed by atoms with Gasteiger partial charge in [0.2, 0.25) is 0 Å². The molecule has 118 valence electrons. The predicted molar refractivity (Wildman–Crippen MR) is 85.6 cm³/mol. The molecule has 2 aromatic heterocycles. The average molecular weight is 310 g/mol. The van der Waals surface area contributed by atoms with Crippen molar-refractivity contribution in [3.05, 3.63) is 53.6 Å². The molecule has 2 heterocycles. The van der Waals surface area contributed by atoms with Crippen molar-refractivity contribution in [2.45, 2.75) is 19.9 Å². The van der Waals surface area contributed by atoms with E-state index in [1.807, 2.05) is 39.2 Å². The zero-order chi connectivity index (χ0) is 16.4. The van der Waals surface area contributed by atoms with Gasteiger partial charge >= 0.3 is 0 Å². The number of nitrogens with zero attached hydrogens (tertiary/aromatic N) is 4. The van der Waals surface area contributed by atoms with Crippen molar-refractivity contribution in [2.24, 2.45) is 7.05 Å². The van der Waals surface area contributed by atoms with Gasteiger partial charge in [-0.3, -0.25) is 14.6 Å². The molecule has 0 aliphatic heterocycles. The third-order valence-corrected chi connectivity index (χ3v) is 3.68. The highest BCUT2D eigenvalue weighted by atomic mass is 16.1. The van der Waals surface area contributed by atoms with Crippen molar-refractivity contribution in [1.82, 2.24) is 30.3 Å². The highest BCUT2D eigenvalue weighted by molar-refractivity contribution is 5.95. The first-order chi connectivity index (χ1) is 11.0. The van der Waals surface area contributed by atoms with Crippen molar-refractivity contribution in [3.63, 3.8) is 0 Å². The molecule has 1 atom stereocenters. The van der Waals surface area contributed by atoms with Crippen LogP contribution in [0.1, 0.15) is 34.6 Å². The van der Waals surface area contributed by atoms with E-state index in [-0.39, 0.29) is 11.9 Å². The van der Waals surface area contributed by atoms with Gasteiger partial charge in [-0.25, -0.2) is 4.98 Å². The Bertz CT molecular complexity index is 821. The highest BCUT2D eigenvalue weighted by Gasteiger charge is 2.16. The van der Waals surface area contributed by atoms with Gasteiger partial charge in [0.15, 0.2) is 5.82 Å². The zero-order valence-corrected chi connectivity index (χ0v) is 13.2. The van der Waals surface area contributed by atoms with Gasteiger partial charge in [0.25, 0.3) is 5.91 Å². The molecule has 7 heteroatoms. The van der Waals surface area contributed by atoms with Crippen molar-refractivity contribution < 1.29 is 4.79 Å². The fourth-order valence-corrected chi connectivity index (χ4v) is 2.55. The summed E-state index contributed by atoms with van der Waals surface area (Å²) >= 11 is 0. The average Bonchev–Trinajstić information content (AvgIpc) is 3.17. The molecule has 23 heavy (non-hydrogen) atoms. The van der Waals surface area contributed by atoms with Gasteiger partial charge in [0.05, 0.1) is 11.7 Å². The largest absolute Gasteiger partial charge is 0.345 e. The smallest absolute Gasteiger partial charge is 0.251 e. The minimum atomic E-state index is -0.137. The summed E-state index contributed by atoms with van der Waals surface area (Å²) in [6.45, 7) is 3.88. The maximum Gasteiger partial charge on any atom is 0.251 e. The molecule has 1 unspecified atom stereocenters. The Morgan fingerprint density at radius 2 is 2.22 bits per heavy atom.